The molecule has 1 aromatic heterocycles. The summed E-state index contributed by atoms with van der Waals surface area (Å²) >= 11 is 0. The molecule has 0 aliphatic rings. The molecule has 0 radical (unpaired) electrons. The molecule has 1 atom stereocenters. The molecule has 41 heavy (non-hydrogen) atoms. The van der Waals surface area contributed by atoms with Crippen LogP contribution in [0.25, 0.3) is 17.3 Å². The molecule has 0 spiro atoms. The first kappa shape index (κ1) is 34.2. The van der Waals surface area contributed by atoms with Gasteiger partial charge in [-0.05, 0) is 60.5 Å². The number of aromatic nitrogens is 2. The van der Waals surface area contributed by atoms with Gasteiger partial charge in [-0.15, -0.1) is 0 Å². The lowest BCUT2D eigenvalue weighted by atomic mass is 9.97. The highest BCUT2D eigenvalue weighted by Crippen LogP contribution is 2.38. The van der Waals surface area contributed by atoms with E-state index in [2.05, 4.69) is 30.7 Å². The fraction of sp³-hybridized carbons (Fsp3) is 0.517. The summed E-state index contributed by atoms with van der Waals surface area (Å²) in [5.41, 5.74) is 1.88. The predicted molar refractivity (Wildman–Crippen MR) is 162 cm³/mol. The van der Waals surface area contributed by atoms with Crippen molar-refractivity contribution < 1.29 is 31.6 Å². The summed E-state index contributed by atoms with van der Waals surface area (Å²) in [4.78, 5) is 34.4. The van der Waals surface area contributed by atoms with E-state index >= 15 is 0 Å². The second kappa shape index (κ2) is 13.3. The van der Waals surface area contributed by atoms with Gasteiger partial charge in [-0.2, -0.15) is 0 Å². The molecule has 0 unspecified atom stereocenters. The Morgan fingerprint density at radius 1 is 1.10 bits per heavy atom. The number of anilines is 1. The van der Waals surface area contributed by atoms with Crippen LogP contribution in [0, 0.1) is 5.82 Å². The Balaban J connectivity index is 2.58. The molecule has 2 aromatic rings. The smallest absolute Gasteiger partial charge is 0.308 e. The zero-order valence-electron chi connectivity index (χ0n) is 25.6. The molecule has 0 fully saturated rings. The van der Waals surface area contributed by atoms with Crippen molar-refractivity contribution in [3.63, 3.8) is 0 Å². The van der Waals surface area contributed by atoms with E-state index in [-0.39, 0.29) is 35.5 Å². The maximum absolute atomic E-state index is 13.7. The van der Waals surface area contributed by atoms with Gasteiger partial charge in [0.2, 0.25) is 16.0 Å². The van der Waals surface area contributed by atoms with Gasteiger partial charge in [0, 0.05) is 24.6 Å². The molecule has 9 nitrogen and oxygen atoms in total. The molecule has 12 heteroatoms. The second-order valence-electron chi connectivity index (χ2n) is 11.8. The summed E-state index contributed by atoms with van der Waals surface area (Å²) in [6.07, 6.45) is 3.25. The molecular formula is C29H42FN3O6SSi. The fourth-order valence-corrected chi connectivity index (χ4v) is 5.41. The van der Waals surface area contributed by atoms with Gasteiger partial charge in [-0.3, -0.25) is 9.59 Å². The van der Waals surface area contributed by atoms with E-state index in [0.29, 0.717) is 22.5 Å². The number of ether oxygens (including phenoxy) is 1. The van der Waals surface area contributed by atoms with Crippen LogP contribution in [0.2, 0.25) is 18.1 Å². The quantitative estimate of drug-likeness (QED) is 0.171. The van der Waals surface area contributed by atoms with Gasteiger partial charge in [-0.1, -0.05) is 34.6 Å². The van der Waals surface area contributed by atoms with Crippen LogP contribution in [0.15, 0.2) is 30.3 Å². The maximum atomic E-state index is 13.7. The van der Waals surface area contributed by atoms with Gasteiger partial charge in [0.15, 0.2) is 14.1 Å². The van der Waals surface area contributed by atoms with Crippen molar-refractivity contribution in [1.29, 1.82) is 0 Å². The van der Waals surface area contributed by atoms with Crippen molar-refractivity contribution in [1.82, 2.24) is 9.97 Å². The zero-order valence-corrected chi connectivity index (χ0v) is 27.4. The Hall–Kier alpha value is -2.96. The molecule has 226 valence electrons. The summed E-state index contributed by atoms with van der Waals surface area (Å²) < 4.78 is 50.5. The van der Waals surface area contributed by atoms with Crippen LogP contribution in [-0.2, 0) is 28.8 Å². The van der Waals surface area contributed by atoms with Gasteiger partial charge in [0.05, 0.1) is 37.3 Å². The number of benzene rings is 1. The first-order valence-corrected chi connectivity index (χ1v) is 18.1. The Labute approximate surface area is 244 Å². The minimum absolute atomic E-state index is 0.0417. The molecule has 2 rings (SSSR count). The average Bonchev–Trinajstić information content (AvgIpc) is 2.85. The molecule has 0 saturated carbocycles. The summed E-state index contributed by atoms with van der Waals surface area (Å²) in [6, 6.07) is 5.62. The van der Waals surface area contributed by atoms with Crippen LogP contribution >= 0.6 is 0 Å². The number of allylic oxidation sites excluding steroid dienone is 1. The van der Waals surface area contributed by atoms with Crippen LogP contribution in [0.5, 0.6) is 0 Å². The molecule has 1 aromatic carbocycles. The van der Waals surface area contributed by atoms with E-state index in [4.69, 9.17) is 9.16 Å². The largest absolute Gasteiger partial charge is 0.469 e. The van der Waals surface area contributed by atoms with Gasteiger partial charge < -0.3 is 9.16 Å². The third-order valence-electron chi connectivity index (χ3n) is 7.16. The molecule has 1 heterocycles. The number of methoxy groups -OCH3 is 1. The van der Waals surface area contributed by atoms with Crippen LogP contribution in [0.1, 0.15) is 64.6 Å². The van der Waals surface area contributed by atoms with Crippen molar-refractivity contribution in [2.45, 2.75) is 77.6 Å². The lowest BCUT2D eigenvalue weighted by Crippen LogP contribution is -2.44. The highest BCUT2D eigenvalue weighted by atomic mass is 32.2. The minimum atomic E-state index is -3.67. The van der Waals surface area contributed by atoms with E-state index in [9.17, 15) is 22.4 Å². The fourth-order valence-electron chi connectivity index (χ4n) is 3.68. The molecule has 0 saturated heterocycles. The summed E-state index contributed by atoms with van der Waals surface area (Å²) in [6.45, 7) is 14.1. The standard InChI is InChI=1S/C29H42FN3O6SSi/c1-19(2)26-24(16-15-22(34)17-23(18-25(35)38-7)39-41(9,10)29(3,4)5)27(20-11-13-21(30)14-12-20)32-28(31-26)33(6)40(8,36)37/h11-16,19,23H,17-18H2,1-10H3/b16-15+/t23-/m0/s1. The first-order valence-electron chi connectivity index (χ1n) is 13.3. The molecule has 0 aliphatic carbocycles. The number of ketones is 1. The van der Waals surface area contributed by atoms with E-state index < -0.39 is 36.2 Å². The van der Waals surface area contributed by atoms with Gasteiger partial charge in [0.25, 0.3) is 0 Å². The van der Waals surface area contributed by atoms with Gasteiger partial charge >= 0.3 is 5.97 Å². The Bertz CT molecular complexity index is 1390. The van der Waals surface area contributed by atoms with E-state index in [1.807, 2.05) is 26.9 Å². The molecule has 0 bridgehead atoms. The summed E-state index contributed by atoms with van der Waals surface area (Å²) in [5, 5.41) is -0.130. The second-order valence-corrected chi connectivity index (χ2v) is 18.6. The van der Waals surface area contributed by atoms with Crippen molar-refractivity contribution in [2.75, 3.05) is 24.7 Å². The maximum Gasteiger partial charge on any atom is 0.308 e. The third-order valence-corrected chi connectivity index (χ3v) is 12.9. The first-order chi connectivity index (χ1) is 18.8. The van der Waals surface area contributed by atoms with E-state index in [1.54, 1.807) is 6.08 Å². The minimum Gasteiger partial charge on any atom is -0.469 e. The van der Waals surface area contributed by atoms with Crippen molar-refractivity contribution >= 4 is 42.1 Å². The highest BCUT2D eigenvalue weighted by molar-refractivity contribution is 7.92. The van der Waals surface area contributed by atoms with Crippen molar-refractivity contribution in [3.8, 4) is 11.3 Å². The SMILES string of the molecule is COC(=O)C[C@H](CC(=O)/C=C/c1c(-c2ccc(F)cc2)nc(N(C)S(C)(=O)=O)nc1C(C)C)O[Si](C)(C)C(C)(C)C. The number of hydrogen-bond donors (Lipinski definition) is 0. The number of esters is 1. The van der Waals surface area contributed by atoms with Crippen LogP contribution < -0.4 is 4.31 Å². The Kier molecular flexibility index (Phi) is 11.1. The Morgan fingerprint density at radius 2 is 1.68 bits per heavy atom. The van der Waals surface area contributed by atoms with Crippen LogP contribution in [0.3, 0.4) is 0 Å². The predicted octanol–water partition coefficient (Wildman–Crippen LogP) is 5.73. The van der Waals surface area contributed by atoms with Crippen molar-refractivity contribution in [3.05, 3.63) is 47.4 Å². The summed E-state index contributed by atoms with van der Waals surface area (Å²) in [5.74, 6) is -1.40. The monoisotopic (exact) mass is 607 g/mol. The number of nitrogens with zero attached hydrogens (tertiary/aromatic N) is 3. The van der Waals surface area contributed by atoms with Crippen molar-refractivity contribution in [2.24, 2.45) is 0 Å². The van der Waals surface area contributed by atoms with Crippen LogP contribution in [0.4, 0.5) is 10.3 Å². The highest BCUT2D eigenvalue weighted by Gasteiger charge is 2.40. The van der Waals surface area contributed by atoms with E-state index in [1.165, 1.54) is 44.5 Å². The van der Waals surface area contributed by atoms with Crippen LogP contribution in [-0.4, -0.2) is 65.0 Å². The average molecular weight is 608 g/mol. The normalized spacial score (nSPS) is 13.5. The third kappa shape index (κ3) is 9.27. The summed E-state index contributed by atoms with van der Waals surface area (Å²) in [7, 11) is -3.32. The number of halogens is 1. The lowest BCUT2D eigenvalue weighted by molar-refractivity contribution is -0.142. The topological polar surface area (TPSA) is 116 Å². The number of rotatable bonds is 12. The Morgan fingerprint density at radius 3 is 2.17 bits per heavy atom. The molecule has 0 N–H and O–H groups in total. The zero-order chi connectivity index (χ0) is 31.3. The number of carbonyl (C=O) groups is 2. The van der Waals surface area contributed by atoms with Gasteiger partial charge in [-0.25, -0.2) is 27.1 Å². The number of carbonyl (C=O) groups excluding carboxylic acids is 2. The number of sulfonamides is 1. The van der Waals surface area contributed by atoms with E-state index in [0.717, 1.165) is 10.6 Å². The molecular weight excluding hydrogens is 565 g/mol. The molecule has 0 aliphatic heterocycles. The van der Waals surface area contributed by atoms with Gasteiger partial charge in [0.1, 0.15) is 5.82 Å². The lowest BCUT2D eigenvalue weighted by Gasteiger charge is -2.39. The molecule has 0 amide bonds. The number of hydrogen-bond acceptors (Lipinski definition) is 8.